The third kappa shape index (κ3) is 4.83. The van der Waals surface area contributed by atoms with Crippen LogP contribution >= 0.6 is 23.2 Å². The number of halogens is 2. The number of nitrogens with one attached hydrogen (secondary N) is 1. The molecule has 0 spiro atoms. The number of hydrogen-bond acceptors (Lipinski definition) is 4. The Bertz CT molecular complexity index is 1520. The number of benzene rings is 3. The average molecular weight is 505 g/mol. The summed E-state index contributed by atoms with van der Waals surface area (Å²) in [7, 11) is 0. The summed E-state index contributed by atoms with van der Waals surface area (Å²) in [6.07, 6.45) is 1.07. The Morgan fingerprint density at radius 3 is 2.51 bits per heavy atom. The van der Waals surface area contributed by atoms with Crippen molar-refractivity contribution in [2.75, 3.05) is 5.32 Å². The zero-order valence-corrected chi connectivity index (χ0v) is 20.7. The molecular formula is C28H22Cl2N2O3. The van der Waals surface area contributed by atoms with Crippen LogP contribution in [0.15, 0.2) is 81.6 Å². The molecule has 2 aromatic heterocycles. The maximum absolute atomic E-state index is 12.7. The molecule has 3 aromatic carbocycles. The number of amides is 1. The Labute approximate surface area is 212 Å². The predicted molar refractivity (Wildman–Crippen MR) is 140 cm³/mol. The summed E-state index contributed by atoms with van der Waals surface area (Å²) in [6, 6.07) is 21.9. The number of aromatic nitrogens is 1. The lowest BCUT2D eigenvalue weighted by Crippen LogP contribution is -2.10. The SMILES string of the molecule is CC[C@H](C)c1ccc2oc(-c3ccc(NC(=O)c4ccc(-c5ccc(Cl)cc5Cl)o4)cc3)nc2c1. The number of furan rings is 1. The zero-order valence-electron chi connectivity index (χ0n) is 19.1. The lowest BCUT2D eigenvalue weighted by molar-refractivity contribution is 0.0997. The summed E-state index contributed by atoms with van der Waals surface area (Å²) in [4.78, 5) is 17.3. The number of anilines is 1. The molecule has 0 aliphatic carbocycles. The minimum atomic E-state index is -0.367. The fourth-order valence-corrected chi connectivity index (χ4v) is 4.29. The van der Waals surface area contributed by atoms with E-state index in [1.54, 1.807) is 42.5 Å². The number of carbonyl (C=O) groups is 1. The first-order chi connectivity index (χ1) is 16.9. The van der Waals surface area contributed by atoms with E-state index in [4.69, 9.17) is 32.0 Å². The van der Waals surface area contributed by atoms with Gasteiger partial charge in [-0.25, -0.2) is 4.98 Å². The van der Waals surface area contributed by atoms with Crippen molar-refractivity contribution in [1.82, 2.24) is 4.98 Å². The van der Waals surface area contributed by atoms with Gasteiger partial charge in [-0.3, -0.25) is 4.79 Å². The van der Waals surface area contributed by atoms with Crippen molar-refractivity contribution in [2.45, 2.75) is 26.2 Å². The third-order valence-corrected chi connectivity index (χ3v) is 6.56. The van der Waals surface area contributed by atoms with E-state index < -0.39 is 0 Å². The number of nitrogens with zero attached hydrogens (tertiary/aromatic N) is 1. The van der Waals surface area contributed by atoms with Crippen molar-refractivity contribution in [3.63, 3.8) is 0 Å². The van der Waals surface area contributed by atoms with Gasteiger partial charge in [-0.2, -0.15) is 0 Å². The number of oxazole rings is 1. The Balaban J connectivity index is 1.30. The van der Waals surface area contributed by atoms with Crippen molar-refractivity contribution < 1.29 is 13.6 Å². The highest BCUT2D eigenvalue weighted by molar-refractivity contribution is 6.36. The van der Waals surface area contributed by atoms with Gasteiger partial charge in [0.05, 0.1) is 5.02 Å². The summed E-state index contributed by atoms with van der Waals surface area (Å²) >= 11 is 12.2. The second kappa shape index (κ2) is 9.61. The van der Waals surface area contributed by atoms with E-state index in [2.05, 4.69) is 36.3 Å². The van der Waals surface area contributed by atoms with Crippen molar-refractivity contribution in [3.05, 3.63) is 94.2 Å². The second-order valence-electron chi connectivity index (χ2n) is 8.38. The highest BCUT2D eigenvalue weighted by Gasteiger charge is 2.15. The molecule has 1 N–H and O–H groups in total. The molecule has 5 rings (SSSR count). The first-order valence-corrected chi connectivity index (χ1v) is 12.0. The van der Waals surface area contributed by atoms with Crippen LogP contribution in [0, 0.1) is 0 Å². The minimum absolute atomic E-state index is 0.172. The van der Waals surface area contributed by atoms with Gasteiger partial charge in [-0.1, -0.05) is 43.1 Å². The minimum Gasteiger partial charge on any atom is -0.451 e. The molecule has 7 heteroatoms. The van der Waals surface area contributed by atoms with Crippen molar-refractivity contribution in [1.29, 1.82) is 0 Å². The number of rotatable bonds is 6. The topological polar surface area (TPSA) is 68.3 Å². The second-order valence-corrected chi connectivity index (χ2v) is 9.22. The van der Waals surface area contributed by atoms with Crippen molar-refractivity contribution in [2.24, 2.45) is 0 Å². The van der Waals surface area contributed by atoms with Gasteiger partial charge >= 0.3 is 0 Å². The third-order valence-electron chi connectivity index (χ3n) is 6.01. The van der Waals surface area contributed by atoms with E-state index in [1.807, 2.05) is 18.2 Å². The fraction of sp³-hybridized carbons (Fsp3) is 0.143. The molecule has 176 valence electrons. The Kier molecular flexibility index (Phi) is 6.37. The van der Waals surface area contributed by atoms with Gasteiger partial charge in [0.1, 0.15) is 11.3 Å². The predicted octanol–water partition coefficient (Wildman–Crippen LogP) is 8.83. The van der Waals surface area contributed by atoms with Crippen LogP contribution in [0.25, 0.3) is 33.9 Å². The van der Waals surface area contributed by atoms with Gasteiger partial charge in [0.2, 0.25) is 5.89 Å². The normalized spacial score (nSPS) is 12.1. The van der Waals surface area contributed by atoms with Crippen LogP contribution in [0.4, 0.5) is 5.69 Å². The maximum atomic E-state index is 12.7. The van der Waals surface area contributed by atoms with Gasteiger partial charge in [-0.05, 0) is 84.6 Å². The van der Waals surface area contributed by atoms with E-state index in [9.17, 15) is 4.79 Å². The van der Waals surface area contributed by atoms with Crippen LogP contribution in [-0.4, -0.2) is 10.9 Å². The van der Waals surface area contributed by atoms with Crippen LogP contribution in [0.2, 0.25) is 10.0 Å². The Morgan fingerprint density at radius 2 is 1.77 bits per heavy atom. The molecule has 5 nitrogen and oxygen atoms in total. The Morgan fingerprint density at radius 1 is 0.971 bits per heavy atom. The molecule has 5 aromatic rings. The van der Waals surface area contributed by atoms with Crippen LogP contribution < -0.4 is 5.32 Å². The summed E-state index contributed by atoms with van der Waals surface area (Å²) in [5, 5.41) is 3.82. The highest BCUT2D eigenvalue weighted by atomic mass is 35.5. The fourth-order valence-electron chi connectivity index (χ4n) is 3.79. The summed E-state index contributed by atoms with van der Waals surface area (Å²) < 4.78 is 11.7. The summed E-state index contributed by atoms with van der Waals surface area (Å²) in [5.41, 5.74) is 4.94. The summed E-state index contributed by atoms with van der Waals surface area (Å²) in [6.45, 7) is 4.37. The highest BCUT2D eigenvalue weighted by Crippen LogP contribution is 2.32. The number of carbonyl (C=O) groups excluding carboxylic acids is 1. The smallest absolute Gasteiger partial charge is 0.291 e. The zero-order chi connectivity index (χ0) is 24.5. The molecule has 1 amide bonds. The monoisotopic (exact) mass is 504 g/mol. The van der Waals surface area contributed by atoms with E-state index >= 15 is 0 Å². The van der Waals surface area contributed by atoms with Crippen LogP contribution in [-0.2, 0) is 0 Å². The average Bonchev–Trinajstić information content (AvgIpc) is 3.51. The van der Waals surface area contributed by atoms with E-state index in [-0.39, 0.29) is 11.7 Å². The molecule has 35 heavy (non-hydrogen) atoms. The van der Waals surface area contributed by atoms with Crippen molar-refractivity contribution >= 4 is 45.9 Å². The van der Waals surface area contributed by atoms with E-state index in [0.29, 0.717) is 38.9 Å². The molecular weight excluding hydrogens is 483 g/mol. The molecule has 0 radical (unpaired) electrons. The largest absolute Gasteiger partial charge is 0.451 e. The molecule has 0 aliphatic heterocycles. The first-order valence-electron chi connectivity index (χ1n) is 11.3. The van der Waals surface area contributed by atoms with Crippen LogP contribution in [0.5, 0.6) is 0 Å². The molecule has 0 fully saturated rings. The van der Waals surface area contributed by atoms with Crippen LogP contribution in [0.3, 0.4) is 0 Å². The maximum Gasteiger partial charge on any atom is 0.291 e. The van der Waals surface area contributed by atoms with Gasteiger partial charge in [-0.15, -0.1) is 0 Å². The molecule has 0 saturated carbocycles. The lowest BCUT2D eigenvalue weighted by Gasteiger charge is -2.07. The molecule has 2 heterocycles. The molecule has 0 unspecified atom stereocenters. The van der Waals surface area contributed by atoms with Gasteiger partial charge < -0.3 is 14.2 Å². The standard InChI is InChI=1S/C28H22Cl2N2O3/c1-3-16(2)18-6-11-25-23(14-18)32-28(35-25)17-4-8-20(9-5-17)31-27(33)26-13-12-24(34-26)21-10-7-19(29)15-22(21)30/h4-16H,3H2,1-2H3,(H,31,33)/t16-/m0/s1. The quantitative estimate of drug-likeness (QED) is 0.250. The van der Waals surface area contributed by atoms with Gasteiger partial charge in [0.15, 0.2) is 11.3 Å². The number of fused-ring (bicyclic) bond motifs is 1. The molecule has 0 bridgehead atoms. The lowest BCUT2D eigenvalue weighted by atomic mass is 9.98. The van der Waals surface area contributed by atoms with E-state index in [0.717, 1.165) is 23.1 Å². The van der Waals surface area contributed by atoms with Crippen LogP contribution in [0.1, 0.15) is 42.3 Å². The Hall–Kier alpha value is -3.54. The number of hydrogen-bond donors (Lipinski definition) is 1. The first kappa shape index (κ1) is 23.2. The van der Waals surface area contributed by atoms with E-state index in [1.165, 1.54) is 5.56 Å². The molecule has 0 saturated heterocycles. The van der Waals surface area contributed by atoms with Crippen molar-refractivity contribution in [3.8, 4) is 22.8 Å². The van der Waals surface area contributed by atoms with Gasteiger partial charge in [0, 0.05) is 21.8 Å². The molecule has 0 aliphatic rings. The molecule has 1 atom stereocenters. The van der Waals surface area contributed by atoms with Gasteiger partial charge in [0.25, 0.3) is 5.91 Å². The summed E-state index contributed by atoms with van der Waals surface area (Å²) in [5.74, 6) is 1.30.